The Hall–Kier alpha value is -1.86. The highest BCUT2D eigenvalue weighted by Crippen LogP contribution is 2.20. The molecule has 0 bridgehead atoms. The van der Waals surface area contributed by atoms with Crippen LogP contribution in [0, 0.1) is 0 Å². The molecule has 2 rings (SSSR count). The van der Waals surface area contributed by atoms with Crippen molar-refractivity contribution in [2.75, 3.05) is 6.61 Å². The molecule has 0 heterocycles. The molecule has 1 nitrogen and oxygen atoms in total. The summed E-state index contributed by atoms with van der Waals surface area (Å²) >= 11 is 0. The van der Waals surface area contributed by atoms with Gasteiger partial charge in [0.1, 0.15) is 8.07 Å². The van der Waals surface area contributed by atoms with E-state index in [9.17, 15) is 0 Å². The summed E-state index contributed by atoms with van der Waals surface area (Å²) in [5.41, 5.74) is 5.05. The lowest BCUT2D eigenvalue weighted by Gasteiger charge is -2.25. The predicted octanol–water partition coefficient (Wildman–Crippen LogP) is 5.02. The second kappa shape index (κ2) is 10.2. The topological polar surface area (TPSA) is 20.2 Å². The zero-order chi connectivity index (χ0) is 18.0. The predicted molar refractivity (Wildman–Crippen MR) is 111 cm³/mol. The number of hydrogen-bond acceptors (Lipinski definition) is 1. The van der Waals surface area contributed by atoms with Crippen LogP contribution in [0.4, 0.5) is 0 Å². The number of aryl methyl sites for hydroxylation is 1. The third kappa shape index (κ3) is 6.17. The first kappa shape index (κ1) is 19.5. The number of hydrogen-bond donors (Lipinski definition) is 1. The molecule has 2 aromatic carbocycles. The summed E-state index contributed by atoms with van der Waals surface area (Å²) in [6.07, 6.45) is 7.22. The van der Waals surface area contributed by atoms with Gasteiger partial charge in [-0.1, -0.05) is 78.9 Å². The summed E-state index contributed by atoms with van der Waals surface area (Å²) in [5, 5.41) is 11.9. The molecule has 0 aliphatic rings. The first-order valence-corrected chi connectivity index (χ1v) is 12.3. The Labute approximate surface area is 153 Å². The van der Waals surface area contributed by atoms with Crippen molar-refractivity contribution >= 4 is 13.3 Å². The summed E-state index contributed by atoms with van der Waals surface area (Å²) in [6, 6.07) is 21.6. The van der Waals surface area contributed by atoms with E-state index in [1.54, 1.807) is 0 Å². The average molecular weight is 351 g/mol. The Bertz CT molecular complexity index is 683. The Morgan fingerprint density at radius 2 is 1.60 bits per heavy atom. The van der Waals surface area contributed by atoms with E-state index >= 15 is 0 Å². The fourth-order valence-electron chi connectivity index (χ4n) is 3.06. The van der Waals surface area contributed by atoms with Crippen LogP contribution in [0.25, 0.3) is 0 Å². The minimum atomic E-state index is -1.71. The minimum Gasteiger partial charge on any atom is -0.396 e. The quantitative estimate of drug-likeness (QED) is 0.382. The number of benzene rings is 2. The van der Waals surface area contributed by atoms with E-state index in [1.165, 1.54) is 15.9 Å². The molecular weight excluding hydrogens is 320 g/mol. The second-order valence-electron chi connectivity index (χ2n) is 7.02. The third-order valence-electron chi connectivity index (χ3n) is 4.79. The van der Waals surface area contributed by atoms with Gasteiger partial charge in [0.25, 0.3) is 0 Å². The molecule has 0 aromatic heterocycles. The Morgan fingerprint density at radius 1 is 0.960 bits per heavy atom. The molecule has 132 valence electrons. The molecule has 1 N–H and O–H groups in total. The molecule has 0 spiro atoms. The van der Waals surface area contributed by atoms with Crippen molar-refractivity contribution in [3.63, 3.8) is 0 Å². The Balaban J connectivity index is 2.20. The largest absolute Gasteiger partial charge is 0.396 e. The van der Waals surface area contributed by atoms with Crippen molar-refractivity contribution in [1.29, 1.82) is 0 Å². The summed E-state index contributed by atoms with van der Waals surface area (Å²) in [6.45, 7) is 5.14. The maximum absolute atomic E-state index is 8.93. The monoisotopic (exact) mass is 350 g/mol. The molecule has 0 atom stereocenters. The zero-order valence-electron chi connectivity index (χ0n) is 15.5. The van der Waals surface area contributed by atoms with Gasteiger partial charge in [0.05, 0.1) is 0 Å². The maximum Gasteiger partial charge on any atom is 0.116 e. The van der Waals surface area contributed by atoms with E-state index < -0.39 is 8.07 Å². The SMILES string of the molecule is C[Si](C)(C(=C=CCCCCO)CCc1ccccc1)c1ccccc1. The average Bonchev–Trinajstić information content (AvgIpc) is 2.65. The molecule has 0 saturated carbocycles. The summed E-state index contributed by atoms with van der Waals surface area (Å²) in [4.78, 5) is 0. The van der Waals surface area contributed by atoms with Crippen LogP contribution in [0.3, 0.4) is 0 Å². The number of allylic oxidation sites excluding steroid dienone is 1. The molecule has 0 saturated heterocycles. The van der Waals surface area contributed by atoms with Gasteiger partial charge in [-0.15, -0.1) is 5.73 Å². The lowest BCUT2D eigenvalue weighted by molar-refractivity contribution is 0.285. The van der Waals surface area contributed by atoms with Crippen LogP contribution in [0.5, 0.6) is 0 Å². The molecule has 25 heavy (non-hydrogen) atoms. The number of rotatable bonds is 9. The van der Waals surface area contributed by atoms with E-state index in [0.29, 0.717) is 0 Å². The van der Waals surface area contributed by atoms with Crippen molar-refractivity contribution in [3.05, 3.63) is 83.2 Å². The van der Waals surface area contributed by atoms with Crippen LogP contribution in [-0.4, -0.2) is 19.8 Å². The van der Waals surface area contributed by atoms with Crippen molar-refractivity contribution in [1.82, 2.24) is 0 Å². The van der Waals surface area contributed by atoms with Crippen molar-refractivity contribution in [3.8, 4) is 0 Å². The number of aliphatic hydroxyl groups excluding tert-OH is 1. The molecular formula is C23H30OSi. The zero-order valence-corrected chi connectivity index (χ0v) is 16.5. The van der Waals surface area contributed by atoms with Crippen LogP contribution in [0.2, 0.25) is 13.1 Å². The first-order valence-electron chi connectivity index (χ1n) is 9.29. The lowest BCUT2D eigenvalue weighted by Crippen LogP contribution is -2.43. The van der Waals surface area contributed by atoms with Crippen molar-refractivity contribution in [2.24, 2.45) is 0 Å². The van der Waals surface area contributed by atoms with Crippen LogP contribution >= 0.6 is 0 Å². The number of unbranched alkanes of at least 4 members (excludes halogenated alkanes) is 2. The fourth-order valence-corrected chi connectivity index (χ4v) is 5.65. The standard InChI is InChI=1S/C23H30OSi/c1-25(2,22-15-10-6-11-16-22)23(17-9-3-4-12-20-24)19-18-21-13-7-5-8-14-21/h5-11,13-16,24H,3-4,12,18-20H2,1-2H3. The number of aliphatic hydroxyl groups is 1. The molecule has 0 amide bonds. The van der Waals surface area contributed by atoms with E-state index in [2.05, 4.69) is 85.6 Å². The maximum atomic E-state index is 8.93. The van der Waals surface area contributed by atoms with E-state index in [4.69, 9.17) is 5.11 Å². The van der Waals surface area contributed by atoms with Crippen LogP contribution in [-0.2, 0) is 6.42 Å². The van der Waals surface area contributed by atoms with Gasteiger partial charge in [-0.2, -0.15) is 0 Å². The second-order valence-corrected chi connectivity index (χ2v) is 11.5. The molecule has 0 fully saturated rings. The highest BCUT2D eigenvalue weighted by molar-refractivity contribution is 6.95. The van der Waals surface area contributed by atoms with Gasteiger partial charge in [-0.25, -0.2) is 0 Å². The normalized spacial score (nSPS) is 11.0. The minimum absolute atomic E-state index is 0.280. The molecule has 2 heteroatoms. The van der Waals surface area contributed by atoms with E-state index in [-0.39, 0.29) is 6.61 Å². The van der Waals surface area contributed by atoms with Gasteiger partial charge in [0, 0.05) is 6.61 Å². The van der Waals surface area contributed by atoms with Crippen molar-refractivity contribution in [2.45, 2.75) is 45.2 Å². The van der Waals surface area contributed by atoms with Gasteiger partial charge in [0.2, 0.25) is 0 Å². The molecule has 0 aliphatic heterocycles. The summed E-state index contributed by atoms with van der Waals surface area (Å²) in [5.74, 6) is 0. The molecule has 0 radical (unpaired) electrons. The van der Waals surface area contributed by atoms with E-state index in [0.717, 1.165) is 32.1 Å². The first-order chi connectivity index (χ1) is 12.1. The smallest absolute Gasteiger partial charge is 0.116 e. The Morgan fingerprint density at radius 3 is 2.24 bits per heavy atom. The summed E-state index contributed by atoms with van der Waals surface area (Å²) in [7, 11) is -1.71. The molecule has 0 aliphatic carbocycles. The summed E-state index contributed by atoms with van der Waals surface area (Å²) < 4.78 is 0. The van der Waals surface area contributed by atoms with Gasteiger partial charge < -0.3 is 5.11 Å². The van der Waals surface area contributed by atoms with Crippen LogP contribution in [0.1, 0.15) is 31.2 Å². The highest BCUT2D eigenvalue weighted by atomic mass is 28.3. The third-order valence-corrected chi connectivity index (χ3v) is 8.47. The van der Waals surface area contributed by atoms with E-state index in [1.807, 2.05) is 0 Å². The van der Waals surface area contributed by atoms with Crippen molar-refractivity contribution < 1.29 is 5.11 Å². The molecule has 2 aromatic rings. The highest BCUT2D eigenvalue weighted by Gasteiger charge is 2.27. The van der Waals surface area contributed by atoms with Gasteiger partial charge in [-0.05, 0) is 48.9 Å². The molecule has 0 unspecified atom stereocenters. The van der Waals surface area contributed by atoms with Gasteiger partial charge >= 0.3 is 0 Å². The van der Waals surface area contributed by atoms with Crippen LogP contribution < -0.4 is 5.19 Å². The van der Waals surface area contributed by atoms with Gasteiger partial charge in [-0.3, -0.25) is 0 Å². The Kier molecular flexibility index (Phi) is 7.94. The van der Waals surface area contributed by atoms with Crippen LogP contribution in [0.15, 0.2) is 77.7 Å². The van der Waals surface area contributed by atoms with Gasteiger partial charge in [0.15, 0.2) is 0 Å². The fraction of sp³-hybridized carbons (Fsp3) is 0.348. The lowest BCUT2D eigenvalue weighted by atomic mass is 10.1.